The second kappa shape index (κ2) is 8.24. The summed E-state index contributed by atoms with van der Waals surface area (Å²) in [5.41, 5.74) is 0.841. The van der Waals surface area contributed by atoms with E-state index in [1.165, 1.54) is 31.4 Å². The van der Waals surface area contributed by atoms with E-state index in [9.17, 15) is 18.0 Å². The molecule has 0 atom stereocenters. The van der Waals surface area contributed by atoms with Crippen molar-refractivity contribution >= 4 is 44.8 Å². The first kappa shape index (κ1) is 21.2. The predicted molar refractivity (Wildman–Crippen MR) is 116 cm³/mol. The molecular weight excluding hydrogens is 442 g/mol. The largest absolute Gasteiger partial charge is 0.497 e. The first-order valence-corrected chi connectivity index (χ1v) is 11.5. The van der Waals surface area contributed by atoms with Gasteiger partial charge in [0, 0.05) is 18.8 Å². The Morgan fingerprint density at radius 2 is 1.55 bits per heavy atom. The van der Waals surface area contributed by atoms with Gasteiger partial charge in [0.2, 0.25) is 0 Å². The van der Waals surface area contributed by atoms with Gasteiger partial charge in [0.05, 0.1) is 17.7 Å². The van der Waals surface area contributed by atoms with Crippen molar-refractivity contribution in [2.75, 3.05) is 29.8 Å². The first-order chi connectivity index (χ1) is 14.8. The summed E-state index contributed by atoms with van der Waals surface area (Å²) in [4.78, 5) is 28.3. The van der Waals surface area contributed by atoms with E-state index >= 15 is 0 Å². The molecule has 0 spiro atoms. The van der Waals surface area contributed by atoms with Crippen LogP contribution in [0.1, 0.15) is 12.8 Å². The fourth-order valence-corrected chi connectivity index (χ4v) is 4.93. The number of halogens is 1. The highest BCUT2D eigenvalue weighted by Gasteiger charge is 2.41. The number of sulfonamides is 1. The van der Waals surface area contributed by atoms with E-state index in [-0.39, 0.29) is 21.3 Å². The normalized spacial score (nSPS) is 17.0. The van der Waals surface area contributed by atoms with Gasteiger partial charge in [-0.15, -0.1) is 0 Å². The van der Waals surface area contributed by atoms with E-state index in [2.05, 4.69) is 4.72 Å². The number of hydrogen-bond donors (Lipinski definition) is 1. The van der Waals surface area contributed by atoms with E-state index in [1.807, 2.05) is 4.90 Å². The van der Waals surface area contributed by atoms with E-state index in [4.69, 9.17) is 16.3 Å². The van der Waals surface area contributed by atoms with Gasteiger partial charge in [-0.3, -0.25) is 14.3 Å². The lowest BCUT2D eigenvalue weighted by Gasteiger charge is -2.20. The molecule has 2 amide bonds. The summed E-state index contributed by atoms with van der Waals surface area (Å²) in [6.45, 7) is 1.35. The van der Waals surface area contributed by atoms with Crippen LogP contribution in [0.5, 0.6) is 5.75 Å². The molecule has 2 aliphatic heterocycles. The van der Waals surface area contributed by atoms with Crippen LogP contribution in [-0.2, 0) is 19.6 Å². The number of likely N-dealkylation sites (tertiary alicyclic amines) is 1. The molecule has 2 aromatic carbocycles. The number of imide groups is 1. The average Bonchev–Trinajstić information content (AvgIpc) is 3.35. The summed E-state index contributed by atoms with van der Waals surface area (Å²) in [7, 11) is -2.34. The highest BCUT2D eigenvalue weighted by molar-refractivity contribution is 7.92. The Morgan fingerprint density at radius 3 is 2.13 bits per heavy atom. The standard InChI is InChI=1S/C21H20ClN3O5S/c1-30-16-8-4-14(5-9-16)23-31(28,29)17-10-6-15(7-11-17)25-20(26)18(22)19(21(25)27)24-12-2-3-13-24/h4-11,23H,2-3,12-13H2,1H3. The molecule has 0 radical (unpaired) electrons. The Balaban J connectivity index is 1.54. The Hall–Kier alpha value is -3.04. The van der Waals surface area contributed by atoms with Crippen molar-refractivity contribution in [1.82, 2.24) is 4.90 Å². The van der Waals surface area contributed by atoms with Gasteiger partial charge < -0.3 is 9.64 Å². The van der Waals surface area contributed by atoms with Gasteiger partial charge in [0.15, 0.2) is 0 Å². The highest BCUT2D eigenvalue weighted by atomic mass is 35.5. The average molecular weight is 462 g/mol. The highest BCUT2D eigenvalue weighted by Crippen LogP contribution is 2.33. The molecule has 31 heavy (non-hydrogen) atoms. The second-order valence-electron chi connectivity index (χ2n) is 7.13. The van der Waals surface area contributed by atoms with Gasteiger partial charge in [0.1, 0.15) is 16.5 Å². The van der Waals surface area contributed by atoms with Gasteiger partial charge in [-0.25, -0.2) is 13.3 Å². The third-order valence-electron chi connectivity index (χ3n) is 5.17. The summed E-state index contributed by atoms with van der Waals surface area (Å²) in [6.07, 6.45) is 1.87. The zero-order valence-corrected chi connectivity index (χ0v) is 18.2. The maximum atomic E-state index is 12.9. The molecule has 0 aromatic heterocycles. The predicted octanol–water partition coefficient (Wildman–Crippen LogP) is 2.92. The van der Waals surface area contributed by atoms with E-state index < -0.39 is 21.8 Å². The van der Waals surface area contributed by atoms with Crippen molar-refractivity contribution in [3.8, 4) is 5.75 Å². The van der Waals surface area contributed by atoms with Crippen molar-refractivity contribution in [3.63, 3.8) is 0 Å². The van der Waals surface area contributed by atoms with Crippen molar-refractivity contribution in [1.29, 1.82) is 0 Å². The second-order valence-corrected chi connectivity index (χ2v) is 9.19. The third-order valence-corrected chi connectivity index (χ3v) is 6.91. The topological polar surface area (TPSA) is 96.0 Å². The maximum absolute atomic E-state index is 12.9. The van der Waals surface area contributed by atoms with E-state index in [0.29, 0.717) is 24.5 Å². The van der Waals surface area contributed by atoms with Crippen LogP contribution in [0.15, 0.2) is 64.2 Å². The van der Waals surface area contributed by atoms with Crippen LogP contribution in [0.4, 0.5) is 11.4 Å². The summed E-state index contributed by atoms with van der Waals surface area (Å²) >= 11 is 6.18. The Labute approximate surface area is 185 Å². The first-order valence-electron chi connectivity index (χ1n) is 9.62. The lowest BCUT2D eigenvalue weighted by Crippen LogP contribution is -2.34. The molecule has 0 bridgehead atoms. The van der Waals surface area contributed by atoms with Gasteiger partial charge in [-0.2, -0.15) is 0 Å². The number of anilines is 2. The number of hydrogen-bond acceptors (Lipinski definition) is 6. The van der Waals surface area contributed by atoms with Crippen molar-refractivity contribution < 1.29 is 22.7 Å². The Morgan fingerprint density at radius 1 is 0.935 bits per heavy atom. The summed E-state index contributed by atoms with van der Waals surface area (Å²) in [6, 6.07) is 11.9. The number of carbonyl (C=O) groups excluding carboxylic acids is 2. The molecule has 8 nitrogen and oxygen atoms in total. The maximum Gasteiger partial charge on any atom is 0.283 e. The molecule has 2 aromatic rings. The van der Waals surface area contributed by atoms with Crippen molar-refractivity contribution in [2.45, 2.75) is 17.7 Å². The van der Waals surface area contributed by atoms with Crippen LogP contribution in [0.2, 0.25) is 0 Å². The molecule has 0 aliphatic carbocycles. The number of carbonyl (C=O) groups is 2. The molecule has 10 heteroatoms. The Kier molecular flexibility index (Phi) is 5.63. The monoisotopic (exact) mass is 461 g/mol. The lowest BCUT2D eigenvalue weighted by atomic mass is 10.3. The SMILES string of the molecule is COc1ccc(NS(=O)(=O)c2ccc(N3C(=O)C(Cl)=C(N4CCCC4)C3=O)cc2)cc1. The number of ether oxygens (including phenoxy) is 1. The fraction of sp³-hybridized carbons (Fsp3) is 0.238. The molecule has 162 valence electrons. The number of nitrogens with one attached hydrogen (secondary N) is 1. The van der Waals surface area contributed by atoms with Crippen LogP contribution in [0, 0.1) is 0 Å². The summed E-state index contributed by atoms with van der Waals surface area (Å²) < 4.78 is 32.9. The number of amides is 2. The van der Waals surface area contributed by atoms with Crippen molar-refractivity contribution in [3.05, 3.63) is 59.3 Å². The van der Waals surface area contributed by atoms with Gasteiger partial charge in [-0.1, -0.05) is 11.6 Å². The number of rotatable bonds is 6. The van der Waals surface area contributed by atoms with Crippen LogP contribution < -0.4 is 14.4 Å². The minimum atomic E-state index is -3.86. The third kappa shape index (κ3) is 3.98. The molecule has 1 saturated heterocycles. The Bertz CT molecular complexity index is 1150. The van der Waals surface area contributed by atoms with Crippen LogP contribution in [0.25, 0.3) is 0 Å². The van der Waals surface area contributed by atoms with E-state index in [1.54, 1.807) is 24.3 Å². The molecular formula is C21H20ClN3O5S. The summed E-state index contributed by atoms with van der Waals surface area (Å²) in [5, 5.41) is -0.107. The van der Waals surface area contributed by atoms with Crippen LogP contribution >= 0.6 is 11.6 Å². The molecule has 4 rings (SSSR count). The van der Waals surface area contributed by atoms with Crippen LogP contribution in [0.3, 0.4) is 0 Å². The quantitative estimate of drug-likeness (QED) is 0.664. The minimum absolute atomic E-state index is 0.00927. The summed E-state index contributed by atoms with van der Waals surface area (Å²) in [5.74, 6) is -0.503. The smallest absolute Gasteiger partial charge is 0.283 e. The minimum Gasteiger partial charge on any atom is -0.497 e. The van der Waals surface area contributed by atoms with Gasteiger partial charge >= 0.3 is 0 Å². The zero-order valence-electron chi connectivity index (χ0n) is 16.7. The van der Waals surface area contributed by atoms with Crippen molar-refractivity contribution in [2.24, 2.45) is 0 Å². The lowest BCUT2D eigenvalue weighted by molar-refractivity contribution is -0.121. The molecule has 2 heterocycles. The van der Waals surface area contributed by atoms with Gasteiger partial charge in [0.25, 0.3) is 21.8 Å². The zero-order chi connectivity index (χ0) is 22.2. The molecule has 0 saturated carbocycles. The molecule has 2 aliphatic rings. The van der Waals surface area contributed by atoms with E-state index in [0.717, 1.165) is 17.7 Å². The number of benzene rings is 2. The molecule has 1 fully saturated rings. The number of methoxy groups -OCH3 is 1. The number of nitrogens with zero attached hydrogens (tertiary/aromatic N) is 2. The fourth-order valence-electron chi connectivity index (χ4n) is 3.59. The van der Waals surface area contributed by atoms with Crippen LogP contribution in [-0.4, -0.2) is 45.3 Å². The molecule has 1 N–H and O–H groups in total. The molecule has 0 unspecified atom stereocenters. The van der Waals surface area contributed by atoms with Gasteiger partial charge in [-0.05, 0) is 61.4 Å².